The van der Waals surface area contributed by atoms with Gasteiger partial charge in [-0.2, -0.15) is 0 Å². The van der Waals surface area contributed by atoms with Crippen LogP contribution in [0, 0.1) is 13.8 Å². The van der Waals surface area contributed by atoms with E-state index in [2.05, 4.69) is 27.3 Å². The molecule has 1 atom stereocenters. The molecule has 2 aromatic carbocycles. The number of carbonyl (C=O) groups is 2. The molecule has 6 heteroatoms. The second-order valence-corrected chi connectivity index (χ2v) is 9.34. The highest BCUT2D eigenvalue weighted by molar-refractivity contribution is 9.10. The van der Waals surface area contributed by atoms with Gasteiger partial charge in [-0.3, -0.25) is 9.59 Å². The molecule has 1 N–H and O–H groups in total. The first kappa shape index (κ1) is 23.3. The van der Waals surface area contributed by atoms with E-state index in [4.69, 9.17) is 4.74 Å². The Morgan fingerprint density at radius 3 is 2.32 bits per heavy atom. The summed E-state index contributed by atoms with van der Waals surface area (Å²) in [6.45, 7) is 6.02. The first-order valence-electron chi connectivity index (χ1n) is 10.9. The van der Waals surface area contributed by atoms with Crippen molar-refractivity contribution in [1.82, 2.24) is 10.2 Å². The highest BCUT2D eigenvalue weighted by atomic mass is 79.9. The highest BCUT2D eigenvalue weighted by Crippen LogP contribution is 2.20. The predicted molar refractivity (Wildman–Crippen MR) is 126 cm³/mol. The maximum atomic E-state index is 13.2. The Morgan fingerprint density at radius 2 is 1.71 bits per heavy atom. The van der Waals surface area contributed by atoms with Crippen LogP contribution in [0.3, 0.4) is 0 Å². The van der Waals surface area contributed by atoms with Gasteiger partial charge in [0.15, 0.2) is 6.61 Å². The Kier molecular flexibility index (Phi) is 8.13. The first-order valence-corrected chi connectivity index (χ1v) is 11.7. The maximum absolute atomic E-state index is 13.2. The second-order valence-electron chi connectivity index (χ2n) is 8.43. The van der Waals surface area contributed by atoms with Crippen molar-refractivity contribution in [3.63, 3.8) is 0 Å². The Balaban J connectivity index is 1.72. The lowest BCUT2D eigenvalue weighted by Crippen LogP contribution is -2.50. The minimum Gasteiger partial charge on any atom is -0.484 e. The van der Waals surface area contributed by atoms with Crippen LogP contribution in [0.1, 0.15) is 49.3 Å². The number of rotatable bonds is 8. The Morgan fingerprint density at radius 1 is 1.10 bits per heavy atom. The van der Waals surface area contributed by atoms with Gasteiger partial charge in [0.2, 0.25) is 5.91 Å². The van der Waals surface area contributed by atoms with Crippen LogP contribution in [0.5, 0.6) is 5.75 Å². The van der Waals surface area contributed by atoms with Gasteiger partial charge in [-0.05, 0) is 74.6 Å². The molecule has 3 rings (SSSR count). The van der Waals surface area contributed by atoms with Crippen molar-refractivity contribution in [2.75, 3.05) is 6.61 Å². The van der Waals surface area contributed by atoms with Gasteiger partial charge in [0.1, 0.15) is 11.8 Å². The minimum atomic E-state index is -0.584. The summed E-state index contributed by atoms with van der Waals surface area (Å²) in [7, 11) is 0. The summed E-state index contributed by atoms with van der Waals surface area (Å²) >= 11 is 3.44. The van der Waals surface area contributed by atoms with Crippen LogP contribution in [-0.2, 0) is 16.1 Å². The van der Waals surface area contributed by atoms with E-state index in [9.17, 15) is 9.59 Å². The van der Waals surface area contributed by atoms with Crippen LogP contribution in [-0.4, -0.2) is 35.4 Å². The molecule has 0 aliphatic heterocycles. The number of hydrogen-bond acceptors (Lipinski definition) is 3. The number of hydrogen-bond donors (Lipinski definition) is 1. The van der Waals surface area contributed by atoms with E-state index in [1.165, 1.54) is 0 Å². The number of nitrogens with one attached hydrogen (secondary N) is 1. The van der Waals surface area contributed by atoms with Gasteiger partial charge >= 0.3 is 0 Å². The lowest BCUT2D eigenvalue weighted by Gasteiger charge is -2.29. The number of benzene rings is 2. The summed E-state index contributed by atoms with van der Waals surface area (Å²) in [4.78, 5) is 27.7. The van der Waals surface area contributed by atoms with Gasteiger partial charge in [-0.25, -0.2) is 0 Å². The molecule has 5 nitrogen and oxygen atoms in total. The van der Waals surface area contributed by atoms with Crippen molar-refractivity contribution in [3.05, 3.63) is 63.6 Å². The Hall–Kier alpha value is -2.34. The van der Waals surface area contributed by atoms with Gasteiger partial charge in [0.05, 0.1) is 0 Å². The molecule has 166 valence electrons. The van der Waals surface area contributed by atoms with Gasteiger partial charge < -0.3 is 15.0 Å². The van der Waals surface area contributed by atoms with Crippen LogP contribution < -0.4 is 10.1 Å². The molecule has 0 heterocycles. The third kappa shape index (κ3) is 6.82. The van der Waals surface area contributed by atoms with E-state index < -0.39 is 6.04 Å². The van der Waals surface area contributed by atoms with Crippen LogP contribution in [0.2, 0.25) is 0 Å². The molecule has 2 aromatic rings. The zero-order valence-electron chi connectivity index (χ0n) is 18.5. The average molecular weight is 487 g/mol. The molecule has 1 aliphatic rings. The second kappa shape index (κ2) is 10.8. The molecule has 0 aromatic heterocycles. The van der Waals surface area contributed by atoms with Crippen molar-refractivity contribution in [2.24, 2.45) is 0 Å². The largest absolute Gasteiger partial charge is 0.484 e. The summed E-state index contributed by atoms with van der Waals surface area (Å²) in [5, 5.41) is 3.12. The standard InChI is InChI=1S/C25H31BrN2O3/c1-17-12-18(2)14-23(13-17)31-16-24(29)28(15-20-8-10-21(26)11-9-20)19(3)25(30)27-22-6-4-5-7-22/h8-14,19,22H,4-7,15-16H2,1-3H3,(H,27,30). The lowest BCUT2D eigenvalue weighted by atomic mass is 10.1. The molecular weight excluding hydrogens is 456 g/mol. The van der Waals surface area contributed by atoms with E-state index in [-0.39, 0.29) is 24.5 Å². The van der Waals surface area contributed by atoms with Gasteiger partial charge in [0.25, 0.3) is 5.91 Å². The van der Waals surface area contributed by atoms with Crippen molar-refractivity contribution >= 4 is 27.7 Å². The van der Waals surface area contributed by atoms with Crippen LogP contribution in [0.4, 0.5) is 0 Å². The molecule has 1 aliphatic carbocycles. The fourth-order valence-corrected chi connectivity index (χ4v) is 4.27. The van der Waals surface area contributed by atoms with Crippen molar-refractivity contribution in [2.45, 2.75) is 65.1 Å². The van der Waals surface area contributed by atoms with E-state index in [0.717, 1.165) is 46.8 Å². The fourth-order valence-electron chi connectivity index (χ4n) is 4.01. The van der Waals surface area contributed by atoms with Gasteiger partial charge in [-0.1, -0.05) is 47.0 Å². The highest BCUT2D eigenvalue weighted by Gasteiger charge is 2.28. The molecule has 1 unspecified atom stereocenters. The first-order chi connectivity index (χ1) is 14.8. The quantitative estimate of drug-likeness (QED) is 0.575. The molecule has 0 saturated heterocycles. The molecule has 1 saturated carbocycles. The average Bonchev–Trinajstić information content (AvgIpc) is 3.23. The van der Waals surface area contributed by atoms with Crippen LogP contribution in [0.25, 0.3) is 0 Å². The summed E-state index contributed by atoms with van der Waals surface area (Å²) in [6.07, 6.45) is 4.30. The zero-order valence-corrected chi connectivity index (χ0v) is 20.1. The van der Waals surface area contributed by atoms with Crippen LogP contribution in [0.15, 0.2) is 46.9 Å². The number of halogens is 1. The Labute approximate surface area is 193 Å². The van der Waals surface area contributed by atoms with Crippen molar-refractivity contribution in [3.8, 4) is 5.75 Å². The minimum absolute atomic E-state index is 0.108. The third-order valence-electron chi connectivity index (χ3n) is 5.69. The maximum Gasteiger partial charge on any atom is 0.261 e. The summed E-state index contributed by atoms with van der Waals surface area (Å²) < 4.78 is 6.77. The fraction of sp³-hybridized carbons (Fsp3) is 0.440. The normalized spacial score (nSPS) is 14.8. The van der Waals surface area contributed by atoms with Gasteiger partial charge in [0, 0.05) is 17.1 Å². The van der Waals surface area contributed by atoms with Crippen molar-refractivity contribution < 1.29 is 14.3 Å². The smallest absolute Gasteiger partial charge is 0.261 e. The third-order valence-corrected chi connectivity index (χ3v) is 6.22. The zero-order chi connectivity index (χ0) is 22.4. The summed E-state index contributed by atoms with van der Waals surface area (Å²) in [5.74, 6) is 0.345. The molecule has 31 heavy (non-hydrogen) atoms. The monoisotopic (exact) mass is 486 g/mol. The number of carbonyl (C=O) groups excluding carboxylic acids is 2. The van der Waals surface area contributed by atoms with Crippen LogP contribution >= 0.6 is 15.9 Å². The molecule has 1 fully saturated rings. The topological polar surface area (TPSA) is 58.6 Å². The molecule has 0 spiro atoms. The number of nitrogens with zero attached hydrogens (tertiary/aromatic N) is 1. The summed E-state index contributed by atoms with van der Waals surface area (Å²) in [6, 6.07) is 13.3. The SMILES string of the molecule is Cc1cc(C)cc(OCC(=O)N(Cc2ccc(Br)cc2)C(C)C(=O)NC2CCCC2)c1. The van der Waals surface area contributed by atoms with Crippen molar-refractivity contribution in [1.29, 1.82) is 0 Å². The molecule has 0 bridgehead atoms. The lowest BCUT2D eigenvalue weighted by molar-refractivity contribution is -0.142. The van der Waals surface area contributed by atoms with E-state index in [0.29, 0.717) is 12.3 Å². The van der Waals surface area contributed by atoms with Gasteiger partial charge in [-0.15, -0.1) is 0 Å². The number of aryl methyl sites for hydroxylation is 2. The number of ether oxygens (including phenoxy) is 1. The Bertz CT molecular complexity index is 887. The van der Waals surface area contributed by atoms with E-state index >= 15 is 0 Å². The summed E-state index contributed by atoms with van der Waals surface area (Å²) in [5.41, 5.74) is 3.13. The molecule has 2 amide bonds. The number of amides is 2. The van der Waals surface area contributed by atoms with E-state index in [1.807, 2.05) is 50.2 Å². The predicted octanol–water partition coefficient (Wildman–Crippen LogP) is 4.92. The van der Waals surface area contributed by atoms with E-state index in [1.54, 1.807) is 11.8 Å². The molecule has 0 radical (unpaired) electrons. The molecular formula is C25H31BrN2O3.